The van der Waals surface area contributed by atoms with Crippen molar-refractivity contribution in [2.24, 2.45) is 5.73 Å². The molecule has 0 fully saturated rings. The molecule has 0 saturated heterocycles. The molecule has 0 aliphatic carbocycles. The van der Waals surface area contributed by atoms with E-state index in [1.165, 1.54) is 24.3 Å². The molecule has 0 heterocycles. The standard InChI is InChI=1S/C11H16F2N2O3S/c12-11(13)18-10-5-3-9(4-6-10)15-19(16,17)8-2-1-7-14/h3-6,11,15H,1-2,7-8,14H2. The van der Waals surface area contributed by atoms with Gasteiger partial charge in [0.05, 0.1) is 5.75 Å². The summed E-state index contributed by atoms with van der Waals surface area (Å²) in [5.74, 6) is -0.0551. The van der Waals surface area contributed by atoms with Gasteiger partial charge in [0.2, 0.25) is 10.0 Å². The Balaban J connectivity index is 2.57. The first-order valence-corrected chi connectivity index (χ1v) is 7.33. The van der Waals surface area contributed by atoms with E-state index in [1.54, 1.807) is 0 Å². The Morgan fingerprint density at radius 3 is 2.37 bits per heavy atom. The van der Waals surface area contributed by atoms with Crippen LogP contribution in [0.4, 0.5) is 14.5 Å². The van der Waals surface area contributed by atoms with Crippen LogP contribution in [0, 0.1) is 0 Å². The number of unbranched alkanes of at least 4 members (excludes halogenated alkanes) is 1. The number of sulfonamides is 1. The molecule has 0 saturated carbocycles. The van der Waals surface area contributed by atoms with Gasteiger partial charge in [-0.3, -0.25) is 4.72 Å². The van der Waals surface area contributed by atoms with Gasteiger partial charge in [-0.25, -0.2) is 8.42 Å². The van der Waals surface area contributed by atoms with E-state index in [4.69, 9.17) is 5.73 Å². The third-order valence-electron chi connectivity index (χ3n) is 2.22. The van der Waals surface area contributed by atoms with Crippen LogP contribution in [0.25, 0.3) is 0 Å². The van der Waals surface area contributed by atoms with E-state index in [0.29, 0.717) is 25.1 Å². The minimum Gasteiger partial charge on any atom is -0.435 e. The fourth-order valence-corrected chi connectivity index (χ4v) is 2.55. The molecular weight excluding hydrogens is 278 g/mol. The molecule has 0 bridgehead atoms. The van der Waals surface area contributed by atoms with Gasteiger partial charge in [-0.15, -0.1) is 0 Å². The number of benzene rings is 1. The summed E-state index contributed by atoms with van der Waals surface area (Å²) in [6, 6.07) is 5.25. The molecule has 0 aliphatic heterocycles. The second-order valence-corrected chi connectivity index (χ2v) is 5.66. The highest BCUT2D eigenvalue weighted by Gasteiger charge is 2.10. The maximum Gasteiger partial charge on any atom is 0.387 e. The Kier molecular flexibility index (Phi) is 5.97. The van der Waals surface area contributed by atoms with Gasteiger partial charge in [-0.05, 0) is 43.7 Å². The Morgan fingerprint density at radius 1 is 1.21 bits per heavy atom. The number of anilines is 1. The van der Waals surface area contributed by atoms with Crippen LogP contribution in [0.15, 0.2) is 24.3 Å². The highest BCUT2D eigenvalue weighted by molar-refractivity contribution is 7.92. The zero-order chi connectivity index (χ0) is 14.3. The first-order chi connectivity index (χ1) is 8.93. The van der Waals surface area contributed by atoms with Crippen molar-refractivity contribution in [2.45, 2.75) is 19.5 Å². The molecule has 0 aliphatic rings. The maximum absolute atomic E-state index is 11.9. The van der Waals surface area contributed by atoms with E-state index >= 15 is 0 Å². The van der Waals surface area contributed by atoms with E-state index in [2.05, 4.69) is 9.46 Å². The average molecular weight is 294 g/mol. The van der Waals surface area contributed by atoms with Crippen molar-refractivity contribution >= 4 is 15.7 Å². The molecule has 0 radical (unpaired) electrons. The van der Waals surface area contributed by atoms with Crippen LogP contribution in [0.3, 0.4) is 0 Å². The quantitative estimate of drug-likeness (QED) is 0.716. The number of ether oxygens (including phenoxy) is 1. The molecular formula is C11H16F2N2O3S. The number of hydrogen-bond acceptors (Lipinski definition) is 4. The van der Waals surface area contributed by atoms with E-state index in [1.807, 2.05) is 0 Å². The van der Waals surface area contributed by atoms with Gasteiger partial charge in [0.1, 0.15) is 5.75 Å². The van der Waals surface area contributed by atoms with Gasteiger partial charge < -0.3 is 10.5 Å². The van der Waals surface area contributed by atoms with Crippen molar-refractivity contribution in [3.05, 3.63) is 24.3 Å². The smallest absolute Gasteiger partial charge is 0.387 e. The molecule has 1 rings (SSSR count). The highest BCUT2D eigenvalue weighted by Crippen LogP contribution is 2.18. The van der Waals surface area contributed by atoms with E-state index < -0.39 is 16.6 Å². The van der Waals surface area contributed by atoms with Crippen molar-refractivity contribution in [3.8, 4) is 5.75 Å². The van der Waals surface area contributed by atoms with E-state index in [9.17, 15) is 17.2 Å². The minimum absolute atomic E-state index is 0.0268. The topological polar surface area (TPSA) is 81.4 Å². The minimum atomic E-state index is -3.44. The van der Waals surface area contributed by atoms with Crippen LogP contribution in [-0.4, -0.2) is 27.3 Å². The monoisotopic (exact) mass is 294 g/mol. The van der Waals surface area contributed by atoms with Gasteiger partial charge >= 0.3 is 6.61 Å². The van der Waals surface area contributed by atoms with Crippen LogP contribution in [0.5, 0.6) is 5.75 Å². The van der Waals surface area contributed by atoms with E-state index in [-0.39, 0.29) is 11.5 Å². The van der Waals surface area contributed by atoms with Crippen LogP contribution in [-0.2, 0) is 10.0 Å². The van der Waals surface area contributed by atoms with Gasteiger partial charge in [0.15, 0.2) is 0 Å². The number of rotatable bonds is 8. The number of nitrogens with one attached hydrogen (secondary N) is 1. The molecule has 108 valence electrons. The third-order valence-corrected chi connectivity index (χ3v) is 3.59. The zero-order valence-electron chi connectivity index (χ0n) is 10.2. The second-order valence-electron chi connectivity index (χ2n) is 3.82. The Morgan fingerprint density at radius 2 is 1.84 bits per heavy atom. The summed E-state index contributed by atoms with van der Waals surface area (Å²) in [4.78, 5) is 0. The summed E-state index contributed by atoms with van der Waals surface area (Å²) in [7, 11) is -3.44. The average Bonchev–Trinajstić information content (AvgIpc) is 2.31. The second kappa shape index (κ2) is 7.25. The summed E-state index contributed by atoms with van der Waals surface area (Å²) in [6.07, 6.45) is 1.10. The number of halogens is 2. The van der Waals surface area contributed by atoms with Crippen LogP contribution in [0.2, 0.25) is 0 Å². The Bertz CT molecular complexity index is 477. The number of hydrogen-bond donors (Lipinski definition) is 2. The number of nitrogens with two attached hydrogens (primary N) is 1. The van der Waals surface area contributed by atoms with Crippen molar-refractivity contribution in [1.29, 1.82) is 0 Å². The first-order valence-electron chi connectivity index (χ1n) is 5.68. The van der Waals surface area contributed by atoms with Crippen molar-refractivity contribution in [1.82, 2.24) is 0 Å². The van der Waals surface area contributed by atoms with E-state index in [0.717, 1.165) is 0 Å². The maximum atomic E-state index is 11.9. The molecule has 0 unspecified atom stereocenters. The molecule has 19 heavy (non-hydrogen) atoms. The molecule has 1 aromatic carbocycles. The van der Waals surface area contributed by atoms with Crippen molar-refractivity contribution < 1.29 is 21.9 Å². The predicted octanol–water partition coefficient (Wildman–Crippen LogP) is 1.77. The lowest BCUT2D eigenvalue weighted by atomic mass is 10.3. The molecule has 1 aromatic rings. The lowest BCUT2D eigenvalue weighted by Crippen LogP contribution is -2.17. The fourth-order valence-electron chi connectivity index (χ4n) is 1.37. The predicted molar refractivity (Wildman–Crippen MR) is 68.8 cm³/mol. The van der Waals surface area contributed by atoms with Crippen LogP contribution < -0.4 is 15.2 Å². The van der Waals surface area contributed by atoms with Gasteiger partial charge in [-0.1, -0.05) is 0 Å². The summed E-state index contributed by atoms with van der Waals surface area (Å²) in [6.45, 7) is -2.46. The fraction of sp³-hybridized carbons (Fsp3) is 0.455. The highest BCUT2D eigenvalue weighted by atomic mass is 32.2. The molecule has 5 nitrogen and oxygen atoms in total. The summed E-state index contributed by atoms with van der Waals surface area (Å²) >= 11 is 0. The Labute approximate surface area is 110 Å². The summed E-state index contributed by atoms with van der Waals surface area (Å²) in [5.41, 5.74) is 5.58. The molecule has 0 spiro atoms. The molecule has 8 heteroatoms. The lowest BCUT2D eigenvalue weighted by Gasteiger charge is -2.09. The summed E-state index contributed by atoms with van der Waals surface area (Å²) < 4.78 is 53.6. The zero-order valence-corrected chi connectivity index (χ0v) is 11.0. The Hall–Kier alpha value is -1.41. The van der Waals surface area contributed by atoms with Crippen LogP contribution >= 0.6 is 0 Å². The number of alkyl halides is 2. The van der Waals surface area contributed by atoms with Crippen LogP contribution in [0.1, 0.15) is 12.8 Å². The molecule has 0 amide bonds. The molecule has 0 aromatic heterocycles. The largest absolute Gasteiger partial charge is 0.435 e. The summed E-state index contributed by atoms with van der Waals surface area (Å²) in [5, 5.41) is 0. The SMILES string of the molecule is NCCCCS(=O)(=O)Nc1ccc(OC(F)F)cc1. The van der Waals surface area contributed by atoms with Gasteiger partial charge in [-0.2, -0.15) is 8.78 Å². The normalized spacial score (nSPS) is 11.6. The molecule has 3 N–H and O–H groups in total. The lowest BCUT2D eigenvalue weighted by molar-refractivity contribution is -0.0498. The first kappa shape index (κ1) is 15.6. The van der Waals surface area contributed by atoms with Gasteiger partial charge in [0, 0.05) is 5.69 Å². The molecule has 0 atom stereocenters. The van der Waals surface area contributed by atoms with Crippen molar-refractivity contribution in [3.63, 3.8) is 0 Å². The van der Waals surface area contributed by atoms with Gasteiger partial charge in [0.25, 0.3) is 0 Å². The third kappa shape index (κ3) is 6.35. The van der Waals surface area contributed by atoms with Crippen molar-refractivity contribution in [2.75, 3.05) is 17.0 Å².